The number of anilines is 3. The number of rotatable bonds is 18. The molecule has 0 aliphatic carbocycles. The Bertz CT molecular complexity index is 1470. The molecular formula is C45H75N9O6. The summed E-state index contributed by atoms with van der Waals surface area (Å²) in [7, 11) is 0. The number of hydrogen-bond acceptors (Lipinski definition) is 15. The van der Waals surface area contributed by atoms with Crippen LogP contribution in [0.4, 0.5) is 17.8 Å². The number of hydrogen-bond donors (Lipinski definition) is 3. The van der Waals surface area contributed by atoms with Gasteiger partial charge in [0.2, 0.25) is 17.8 Å². The molecule has 0 aromatic carbocycles. The molecule has 0 amide bonds. The van der Waals surface area contributed by atoms with E-state index in [0.29, 0.717) is 38.5 Å². The highest BCUT2D eigenvalue weighted by molar-refractivity contribution is 5.78. The Morgan fingerprint density at radius 2 is 0.683 bits per heavy atom. The molecular weight excluding hydrogens is 763 g/mol. The second-order valence-electron chi connectivity index (χ2n) is 20.9. The fraction of sp³-hybridized carbons (Fsp3) is 0.733. The van der Waals surface area contributed by atoms with Crippen molar-refractivity contribution in [1.29, 1.82) is 0 Å². The number of aromatic nitrogens is 3. The molecule has 3 saturated heterocycles. The van der Waals surface area contributed by atoms with E-state index in [1.54, 1.807) is 0 Å². The van der Waals surface area contributed by atoms with Gasteiger partial charge in [-0.15, -0.1) is 0 Å². The van der Waals surface area contributed by atoms with Gasteiger partial charge >= 0.3 is 17.9 Å². The van der Waals surface area contributed by atoms with Crippen molar-refractivity contribution in [2.45, 2.75) is 173 Å². The summed E-state index contributed by atoms with van der Waals surface area (Å²) in [6, 6.07) is -0.664. The highest BCUT2D eigenvalue weighted by atomic mass is 16.5. The summed E-state index contributed by atoms with van der Waals surface area (Å²) in [5.74, 6) is -0.698. The van der Waals surface area contributed by atoms with Crippen LogP contribution in [-0.2, 0) is 28.6 Å². The van der Waals surface area contributed by atoms with Gasteiger partial charge in [-0.1, -0.05) is 38.0 Å². The fourth-order valence-corrected chi connectivity index (χ4v) is 10.3. The van der Waals surface area contributed by atoms with Gasteiger partial charge in [0.25, 0.3) is 0 Å². The Hall–Kier alpha value is -4.08. The summed E-state index contributed by atoms with van der Waals surface area (Å²) < 4.78 is 16.8. The third kappa shape index (κ3) is 14.0. The first kappa shape index (κ1) is 48.6. The first-order valence-corrected chi connectivity index (χ1v) is 21.4. The molecule has 3 fully saturated rings. The van der Waals surface area contributed by atoms with Crippen molar-refractivity contribution in [2.75, 3.05) is 54.2 Å². The smallest absolute Gasteiger partial charge is 0.325 e. The molecule has 4 rings (SSSR count). The van der Waals surface area contributed by atoms with Gasteiger partial charge in [0, 0.05) is 51.4 Å². The zero-order valence-corrected chi connectivity index (χ0v) is 38.7. The minimum absolute atomic E-state index is 0.0490. The van der Waals surface area contributed by atoms with Crippen LogP contribution in [-0.4, -0.2) is 124 Å². The molecule has 4 heterocycles. The predicted molar refractivity (Wildman–Crippen MR) is 238 cm³/mol. The zero-order chi connectivity index (χ0) is 44.9. The molecule has 0 unspecified atom stereocenters. The van der Waals surface area contributed by atoms with Crippen molar-refractivity contribution in [3.8, 4) is 0 Å². The molecule has 0 bridgehead atoms. The SMILES string of the molecule is C=CCOC(=O)CN(c1nc(N(CC(=O)OCC=C)C2CC(C)(C)NC(C)(C)C2)nc(N(CC(=O)OCC=C)C2CC(C)(C)NC(C)(C)C2)n1)C1CC(C)(C)NC(C)(C)C1. The number of carbonyl (C=O) groups excluding carboxylic acids is 3. The quantitative estimate of drug-likeness (QED) is 0.0978. The summed E-state index contributed by atoms with van der Waals surface area (Å²) in [6.45, 7) is 36.6. The molecule has 0 spiro atoms. The lowest BCUT2D eigenvalue weighted by Crippen LogP contribution is -2.63. The van der Waals surface area contributed by atoms with E-state index in [4.69, 9.17) is 29.2 Å². The Morgan fingerprint density at radius 3 is 0.867 bits per heavy atom. The van der Waals surface area contributed by atoms with Crippen LogP contribution in [0.15, 0.2) is 38.0 Å². The molecule has 15 nitrogen and oxygen atoms in total. The summed E-state index contributed by atoms with van der Waals surface area (Å²) in [4.78, 5) is 62.5. The second-order valence-corrected chi connectivity index (χ2v) is 20.9. The standard InChI is InChI=1S/C45H75N9O6/c1-16-19-58-34(55)28-52(31-22-40(4,5)49-41(6,7)23-31)37-46-38(53(29-35(56)59-20-17-2)32-24-42(8,9)50-43(10,11)25-32)48-39(47-37)54(30-36(57)60-21-18-3)33-26-44(12,13)51-45(14,15)27-33/h16-18,31-33,49-51H,1-3,19-30H2,4-15H3. The van der Waals surface area contributed by atoms with Gasteiger partial charge in [-0.25, -0.2) is 0 Å². The maximum atomic E-state index is 13.7. The van der Waals surface area contributed by atoms with Gasteiger partial charge in [0.1, 0.15) is 39.5 Å². The van der Waals surface area contributed by atoms with E-state index in [9.17, 15) is 14.4 Å². The summed E-state index contributed by atoms with van der Waals surface area (Å²) in [6.07, 6.45) is 8.55. The van der Waals surface area contributed by atoms with E-state index in [1.165, 1.54) is 18.2 Å². The molecule has 3 N–H and O–H groups in total. The highest BCUT2D eigenvalue weighted by Crippen LogP contribution is 2.38. The minimum Gasteiger partial charge on any atom is -0.460 e. The lowest BCUT2D eigenvalue weighted by molar-refractivity contribution is -0.141. The molecule has 0 saturated carbocycles. The van der Waals surface area contributed by atoms with Crippen molar-refractivity contribution in [3.63, 3.8) is 0 Å². The van der Waals surface area contributed by atoms with Gasteiger partial charge in [-0.2, -0.15) is 15.0 Å². The highest BCUT2D eigenvalue weighted by Gasteiger charge is 2.46. The van der Waals surface area contributed by atoms with Crippen LogP contribution >= 0.6 is 0 Å². The van der Waals surface area contributed by atoms with E-state index >= 15 is 0 Å². The molecule has 336 valence electrons. The third-order valence-corrected chi connectivity index (χ3v) is 11.2. The van der Waals surface area contributed by atoms with Gasteiger partial charge in [-0.05, 0) is 122 Å². The predicted octanol–water partition coefficient (Wildman–Crippen LogP) is 5.41. The van der Waals surface area contributed by atoms with E-state index in [0.717, 1.165) is 0 Å². The van der Waals surface area contributed by atoms with Crippen molar-refractivity contribution >= 4 is 35.8 Å². The first-order valence-electron chi connectivity index (χ1n) is 21.4. The average Bonchev–Trinajstić information content (AvgIpc) is 3.08. The second kappa shape index (κ2) is 18.9. The van der Waals surface area contributed by atoms with Crippen LogP contribution in [0.2, 0.25) is 0 Å². The maximum Gasteiger partial charge on any atom is 0.325 e. The van der Waals surface area contributed by atoms with E-state index < -0.39 is 17.9 Å². The number of esters is 3. The van der Waals surface area contributed by atoms with E-state index in [-0.39, 0.29) is 109 Å². The lowest BCUT2D eigenvalue weighted by Gasteiger charge is -2.50. The minimum atomic E-state index is -0.467. The van der Waals surface area contributed by atoms with Crippen LogP contribution in [0, 0.1) is 0 Å². The van der Waals surface area contributed by atoms with Crippen LogP contribution in [0.5, 0.6) is 0 Å². The van der Waals surface area contributed by atoms with Crippen molar-refractivity contribution < 1.29 is 28.6 Å². The topological polar surface area (TPSA) is 163 Å². The molecule has 0 radical (unpaired) electrons. The zero-order valence-electron chi connectivity index (χ0n) is 38.7. The molecule has 3 aliphatic rings. The number of carbonyl (C=O) groups is 3. The van der Waals surface area contributed by atoms with Gasteiger partial charge < -0.3 is 44.9 Å². The Balaban J connectivity index is 2.05. The maximum absolute atomic E-state index is 13.7. The van der Waals surface area contributed by atoms with Gasteiger partial charge in [0.15, 0.2) is 0 Å². The molecule has 15 heteroatoms. The van der Waals surface area contributed by atoms with Crippen molar-refractivity contribution in [2.24, 2.45) is 0 Å². The van der Waals surface area contributed by atoms with Gasteiger partial charge in [-0.3, -0.25) is 14.4 Å². The molecule has 3 aliphatic heterocycles. The summed E-state index contributed by atoms with van der Waals surface area (Å²) in [5, 5.41) is 11.3. The fourth-order valence-electron chi connectivity index (χ4n) is 10.3. The van der Waals surface area contributed by atoms with Crippen molar-refractivity contribution in [1.82, 2.24) is 30.9 Å². The lowest BCUT2D eigenvalue weighted by atomic mass is 9.79. The van der Waals surface area contributed by atoms with Crippen molar-refractivity contribution in [3.05, 3.63) is 38.0 Å². The van der Waals surface area contributed by atoms with Crippen LogP contribution in [0.1, 0.15) is 122 Å². The summed E-state index contributed by atoms with van der Waals surface area (Å²) in [5.41, 5.74) is -1.86. The molecule has 60 heavy (non-hydrogen) atoms. The molecule has 1 aromatic rings. The number of ether oxygens (including phenoxy) is 3. The summed E-state index contributed by atoms with van der Waals surface area (Å²) >= 11 is 0. The van der Waals surface area contributed by atoms with E-state index in [1.807, 2.05) is 14.7 Å². The normalized spacial score (nSPS) is 21.8. The Kier molecular flexibility index (Phi) is 15.3. The molecule has 1 aromatic heterocycles. The van der Waals surface area contributed by atoms with Gasteiger partial charge in [0.05, 0.1) is 0 Å². The van der Waals surface area contributed by atoms with Crippen LogP contribution in [0.3, 0.4) is 0 Å². The van der Waals surface area contributed by atoms with E-state index in [2.05, 4.69) is 119 Å². The third-order valence-electron chi connectivity index (χ3n) is 11.2. The number of nitrogens with one attached hydrogen (secondary N) is 3. The monoisotopic (exact) mass is 838 g/mol. The Labute approximate surface area is 359 Å². The average molecular weight is 838 g/mol. The largest absolute Gasteiger partial charge is 0.460 e. The van der Waals surface area contributed by atoms with Crippen LogP contribution in [0.25, 0.3) is 0 Å². The number of piperidine rings is 3. The number of nitrogens with zero attached hydrogens (tertiary/aromatic N) is 6. The Morgan fingerprint density at radius 1 is 0.483 bits per heavy atom. The van der Waals surface area contributed by atoms with Crippen LogP contribution < -0.4 is 30.7 Å². The molecule has 0 atom stereocenters. The first-order chi connectivity index (χ1) is 27.7.